The maximum Gasteiger partial charge on any atom is 0.119 e. The fourth-order valence-corrected chi connectivity index (χ4v) is 2.74. The highest BCUT2D eigenvalue weighted by Gasteiger charge is 2.42. The standard InChI is InChI=1S/C14H17NO/c1-11-5-4-8-14(11,10-15)12-6-3-7-13(9-12)16-2/h3,6-7,9,11H,4-5,8H2,1-2H3. The van der Waals surface area contributed by atoms with Crippen LogP contribution in [0.2, 0.25) is 0 Å². The van der Waals surface area contributed by atoms with Crippen LogP contribution in [0.4, 0.5) is 0 Å². The third-order valence-electron chi connectivity index (χ3n) is 3.83. The summed E-state index contributed by atoms with van der Waals surface area (Å²) in [4.78, 5) is 0. The number of nitrogens with zero attached hydrogens (tertiary/aromatic N) is 1. The van der Waals surface area contributed by atoms with Gasteiger partial charge in [0.2, 0.25) is 0 Å². The second-order valence-electron chi connectivity index (χ2n) is 4.61. The van der Waals surface area contributed by atoms with Gasteiger partial charge in [-0.25, -0.2) is 0 Å². The summed E-state index contributed by atoms with van der Waals surface area (Å²) in [7, 11) is 1.66. The molecule has 0 bridgehead atoms. The molecule has 2 heteroatoms. The van der Waals surface area contributed by atoms with Crippen LogP contribution in [0.3, 0.4) is 0 Å². The zero-order valence-corrected chi connectivity index (χ0v) is 9.86. The zero-order chi connectivity index (χ0) is 11.6. The SMILES string of the molecule is COc1cccc(C2(C#N)CCCC2C)c1. The van der Waals surface area contributed by atoms with E-state index >= 15 is 0 Å². The van der Waals surface area contributed by atoms with Gasteiger partial charge in [0.25, 0.3) is 0 Å². The molecule has 16 heavy (non-hydrogen) atoms. The second-order valence-corrected chi connectivity index (χ2v) is 4.61. The maximum absolute atomic E-state index is 9.51. The summed E-state index contributed by atoms with van der Waals surface area (Å²) >= 11 is 0. The highest BCUT2D eigenvalue weighted by molar-refractivity contribution is 5.39. The Labute approximate surface area is 96.9 Å². The molecule has 84 valence electrons. The highest BCUT2D eigenvalue weighted by atomic mass is 16.5. The summed E-state index contributed by atoms with van der Waals surface area (Å²) < 4.78 is 5.23. The van der Waals surface area contributed by atoms with Gasteiger partial charge in [0.15, 0.2) is 0 Å². The molecule has 0 aromatic heterocycles. The van der Waals surface area contributed by atoms with E-state index in [0.717, 1.165) is 30.6 Å². The Kier molecular flexibility index (Phi) is 2.87. The Bertz CT molecular complexity index is 421. The zero-order valence-electron chi connectivity index (χ0n) is 9.86. The van der Waals surface area contributed by atoms with Gasteiger partial charge in [-0.15, -0.1) is 0 Å². The van der Waals surface area contributed by atoms with Crippen molar-refractivity contribution in [1.82, 2.24) is 0 Å². The van der Waals surface area contributed by atoms with Crippen LogP contribution in [-0.4, -0.2) is 7.11 Å². The third-order valence-corrected chi connectivity index (χ3v) is 3.83. The average Bonchev–Trinajstić information content (AvgIpc) is 2.71. The molecule has 1 aromatic rings. The molecule has 0 aliphatic heterocycles. The molecule has 0 spiro atoms. The maximum atomic E-state index is 9.51. The van der Waals surface area contributed by atoms with E-state index in [1.807, 2.05) is 24.3 Å². The molecule has 0 heterocycles. The van der Waals surface area contributed by atoms with Crippen molar-refractivity contribution in [2.24, 2.45) is 5.92 Å². The molecule has 2 atom stereocenters. The number of ether oxygens (including phenoxy) is 1. The van der Waals surface area contributed by atoms with Gasteiger partial charge in [0, 0.05) is 0 Å². The number of nitriles is 1. The van der Waals surface area contributed by atoms with E-state index in [4.69, 9.17) is 4.74 Å². The first-order valence-electron chi connectivity index (χ1n) is 5.79. The molecule has 2 unspecified atom stereocenters. The van der Waals surface area contributed by atoms with E-state index in [0.29, 0.717) is 5.92 Å². The van der Waals surface area contributed by atoms with Crippen LogP contribution in [0, 0.1) is 17.2 Å². The van der Waals surface area contributed by atoms with E-state index in [2.05, 4.69) is 13.0 Å². The summed E-state index contributed by atoms with van der Waals surface area (Å²) in [5, 5.41) is 9.51. The molecule has 1 aliphatic rings. The highest BCUT2D eigenvalue weighted by Crippen LogP contribution is 2.45. The Hall–Kier alpha value is -1.49. The van der Waals surface area contributed by atoms with Gasteiger partial charge >= 0.3 is 0 Å². The van der Waals surface area contributed by atoms with E-state index in [9.17, 15) is 5.26 Å². The molecule has 1 aliphatic carbocycles. The van der Waals surface area contributed by atoms with E-state index in [-0.39, 0.29) is 5.41 Å². The average molecular weight is 215 g/mol. The molecular formula is C14H17NO. The van der Waals surface area contributed by atoms with Crippen LogP contribution in [-0.2, 0) is 5.41 Å². The summed E-state index contributed by atoms with van der Waals surface area (Å²) in [5.74, 6) is 1.27. The first-order chi connectivity index (χ1) is 7.73. The Morgan fingerprint density at radius 2 is 2.31 bits per heavy atom. The van der Waals surface area contributed by atoms with Crippen LogP contribution in [0.25, 0.3) is 0 Å². The fraction of sp³-hybridized carbons (Fsp3) is 0.500. The third kappa shape index (κ3) is 1.57. The minimum Gasteiger partial charge on any atom is -0.497 e. The fourth-order valence-electron chi connectivity index (χ4n) is 2.74. The molecule has 0 saturated heterocycles. The lowest BCUT2D eigenvalue weighted by Gasteiger charge is -2.26. The van der Waals surface area contributed by atoms with Gasteiger partial charge in [-0.2, -0.15) is 5.26 Å². The predicted molar refractivity (Wildman–Crippen MR) is 63.3 cm³/mol. The molecule has 0 amide bonds. The lowest BCUT2D eigenvalue weighted by atomic mass is 9.74. The number of hydrogen-bond acceptors (Lipinski definition) is 2. The normalized spacial score (nSPS) is 28.7. The van der Waals surface area contributed by atoms with Gasteiger partial charge in [-0.05, 0) is 36.5 Å². The van der Waals surface area contributed by atoms with Crippen LogP contribution in [0.15, 0.2) is 24.3 Å². The van der Waals surface area contributed by atoms with Gasteiger partial charge in [0.1, 0.15) is 5.75 Å². The second kappa shape index (κ2) is 4.17. The van der Waals surface area contributed by atoms with Gasteiger partial charge in [0.05, 0.1) is 18.6 Å². The van der Waals surface area contributed by atoms with Crippen molar-refractivity contribution in [3.8, 4) is 11.8 Å². The van der Waals surface area contributed by atoms with Gasteiger partial charge in [-0.3, -0.25) is 0 Å². The largest absolute Gasteiger partial charge is 0.497 e. The molecule has 1 saturated carbocycles. The molecule has 0 radical (unpaired) electrons. The first kappa shape index (κ1) is 11.0. The van der Waals surface area contributed by atoms with Crippen LogP contribution < -0.4 is 4.74 Å². The molecule has 1 fully saturated rings. The minimum atomic E-state index is -0.297. The topological polar surface area (TPSA) is 33.0 Å². The van der Waals surface area contributed by atoms with E-state index in [1.54, 1.807) is 7.11 Å². The van der Waals surface area contributed by atoms with Crippen LogP contribution >= 0.6 is 0 Å². The van der Waals surface area contributed by atoms with Crippen molar-refractivity contribution >= 4 is 0 Å². The molecule has 0 N–H and O–H groups in total. The van der Waals surface area contributed by atoms with Crippen LogP contribution in [0.5, 0.6) is 5.75 Å². The Balaban J connectivity index is 2.45. The van der Waals surface area contributed by atoms with E-state index in [1.165, 1.54) is 0 Å². The molecule has 1 aromatic carbocycles. The Morgan fingerprint density at radius 1 is 1.50 bits per heavy atom. The predicted octanol–water partition coefficient (Wildman–Crippen LogP) is 3.28. The van der Waals surface area contributed by atoms with E-state index < -0.39 is 0 Å². The molecule has 2 nitrogen and oxygen atoms in total. The number of hydrogen-bond donors (Lipinski definition) is 0. The Morgan fingerprint density at radius 3 is 2.88 bits per heavy atom. The lowest BCUT2D eigenvalue weighted by Crippen LogP contribution is -2.26. The van der Waals surface area contributed by atoms with Crippen LogP contribution in [0.1, 0.15) is 31.7 Å². The van der Waals surface area contributed by atoms with Crippen molar-refractivity contribution in [3.63, 3.8) is 0 Å². The summed E-state index contributed by atoms with van der Waals surface area (Å²) in [6.45, 7) is 2.18. The van der Waals surface area contributed by atoms with Crippen molar-refractivity contribution < 1.29 is 4.74 Å². The minimum absolute atomic E-state index is 0.297. The number of methoxy groups -OCH3 is 1. The quantitative estimate of drug-likeness (QED) is 0.758. The summed E-state index contributed by atoms with van der Waals surface area (Å²) in [6.07, 6.45) is 3.26. The van der Waals surface area contributed by atoms with Gasteiger partial charge < -0.3 is 4.74 Å². The first-order valence-corrected chi connectivity index (χ1v) is 5.79. The lowest BCUT2D eigenvalue weighted by molar-refractivity contribution is 0.405. The smallest absolute Gasteiger partial charge is 0.119 e. The number of rotatable bonds is 2. The van der Waals surface area contributed by atoms with Crippen molar-refractivity contribution in [1.29, 1.82) is 5.26 Å². The molecular weight excluding hydrogens is 198 g/mol. The summed E-state index contributed by atoms with van der Waals surface area (Å²) in [5.41, 5.74) is 0.813. The van der Waals surface area contributed by atoms with Gasteiger partial charge in [-0.1, -0.05) is 25.5 Å². The monoisotopic (exact) mass is 215 g/mol. The van der Waals surface area contributed by atoms with Crippen molar-refractivity contribution in [3.05, 3.63) is 29.8 Å². The number of benzene rings is 1. The molecule has 2 rings (SSSR count). The summed E-state index contributed by atoms with van der Waals surface area (Å²) in [6, 6.07) is 10.5. The van der Waals surface area contributed by atoms with Crippen molar-refractivity contribution in [2.75, 3.05) is 7.11 Å². The van der Waals surface area contributed by atoms with Crippen molar-refractivity contribution in [2.45, 2.75) is 31.6 Å².